The van der Waals surface area contributed by atoms with Gasteiger partial charge in [-0.1, -0.05) is 6.07 Å². The molecule has 0 saturated carbocycles. The average molecular weight is 422 g/mol. The highest BCUT2D eigenvalue weighted by Gasteiger charge is 2.33. The van der Waals surface area contributed by atoms with Gasteiger partial charge in [0.1, 0.15) is 11.4 Å². The molecule has 0 aliphatic heterocycles. The number of halogens is 3. The van der Waals surface area contributed by atoms with Crippen LogP contribution in [-0.4, -0.2) is 47.5 Å². The van der Waals surface area contributed by atoms with Crippen LogP contribution in [0, 0.1) is 0 Å². The highest BCUT2D eigenvalue weighted by atomic mass is 19.4. The number of hydrogen-bond donors (Lipinski definition) is 1. The zero-order chi connectivity index (χ0) is 21.9. The normalized spacial score (nSPS) is 11.5. The smallest absolute Gasteiger partial charge is 0.433 e. The summed E-state index contributed by atoms with van der Waals surface area (Å²) in [7, 11) is 2.72. The average Bonchev–Trinajstić information content (AvgIpc) is 3.12. The monoisotopic (exact) mass is 422 g/mol. The number of aromatic nitrogens is 3. The van der Waals surface area contributed by atoms with E-state index < -0.39 is 29.4 Å². The van der Waals surface area contributed by atoms with Crippen LogP contribution in [0.15, 0.2) is 36.5 Å². The molecule has 0 aliphatic rings. The van der Waals surface area contributed by atoms with E-state index in [2.05, 4.69) is 15.4 Å². The number of ether oxygens (including phenoxy) is 2. The third-order valence-electron chi connectivity index (χ3n) is 4.14. The van der Waals surface area contributed by atoms with E-state index in [1.165, 1.54) is 19.2 Å². The zero-order valence-electron chi connectivity index (χ0n) is 16.0. The number of pyridine rings is 1. The molecule has 0 saturated heterocycles. The topological polar surface area (TPSA) is 95.3 Å². The van der Waals surface area contributed by atoms with Crippen LogP contribution in [-0.2, 0) is 22.2 Å². The first kappa shape index (κ1) is 21.2. The number of fused-ring (bicyclic) bond motifs is 1. The highest BCUT2D eigenvalue weighted by Crippen LogP contribution is 2.28. The van der Waals surface area contributed by atoms with Gasteiger partial charge in [0, 0.05) is 18.7 Å². The maximum atomic E-state index is 12.9. The van der Waals surface area contributed by atoms with Crippen molar-refractivity contribution in [2.24, 2.45) is 0 Å². The number of anilines is 1. The highest BCUT2D eigenvalue weighted by molar-refractivity contribution is 6.09. The maximum absolute atomic E-state index is 12.9. The summed E-state index contributed by atoms with van der Waals surface area (Å²) in [6.07, 6.45) is -3.00. The van der Waals surface area contributed by atoms with Crippen molar-refractivity contribution in [3.63, 3.8) is 0 Å². The molecule has 8 nitrogen and oxygen atoms in total. The van der Waals surface area contributed by atoms with Crippen molar-refractivity contribution in [1.82, 2.24) is 14.8 Å². The van der Waals surface area contributed by atoms with Gasteiger partial charge in [-0.15, -0.1) is 0 Å². The standard InChI is InChI=1S/C19H17F3N4O4/c1-29-7-6-26-10-11-8-15(12(18(28)30-2)9-14(11)25-26)24-17(27)13-4-3-5-16(23-13)19(20,21)22/h3-5,8-10H,6-7H2,1-2H3,(H,24,27). The Balaban J connectivity index is 1.97. The van der Waals surface area contributed by atoms with Gasteiger partial charge in [0.25, 0.3) is 5.91 Å². The Morgan fingerprint density at radius 1 is 1.20 bits per heavy atom. The summed E-state index contributed by atoms with van der Waals surface area (Å²) in [4.78, 5) is 28.0. The van der Waals surface area contributed by atoms with Crippen LogP contribution in [0.2, 0.25) is 0 Å². The van der Waals surface area contributed by atoms with Gasteiger partial charge in [-0.05, 0) is 24.3 Å². The summed E-state index contributed by atoms with van der Waals surface area (Å²) in [5.74, 6) is -1.65. The molecule has 0 atom stereocenters. The number of benzene rings is 1. The van der Waals surface area contributed by atoms with Crippen LogP contribution < -0.4 is 5.32 Å². The Morgan fingerprint density at radius 2 is 1.97 bits per heavy atom. The quantitative estimate of drug-likeness (QED) is 0.614. The lowest BCUT2D eigenvalue weighted by Gasteiger charge is -2.11. The number of alkyl halides is 3. The van der Waals surface area contributed by atoms with E-state index in [-0.39, 0.29) is 11.3 Å². The molecule has 2 heterocycles. The van der Waals surface area contributed by atoms with E-state index in [0.717, 1.165) is 18.2 Å². The van der Waals surface area contributed by atoms with Crippen LogP contribution in [0.25, 0.3) is 10.9 Å². The summed E-state index contributed by atoms with van der Waals surface area (Å²) < 4.78 is 49.9. The van der Waals surface area contributed by atoms with Crippen molar-refractivity contribution in [2.45, 2.75) is 12.7 Å². The van der Waals surface area contributed by atoms with E-state index >= 15 is 0 Å². The van der Waals surface area contributed by atoms with Gasteiger partial charge in [-0.3, -0.25) is 9.48 Å². The fraction of sp³-hybridized carbons (Fsp3) is 0.263. The molecular weight excluding hydrogens is 405 g/mol. The number of esters is 1. The second-order valence-electron chi connectivity index (χ2n) is 6.19. The van der Waals surface area contributed by atoms with E-state index in [1.54, 1.807) is 18.0 Å². The van der Waals surface area contributed by atoms with Crippen LogP contribution in [0.5, 0.6) is 0 Å². The lowest BCUT2D eigenvalue weighted by atomic mass is 10.1. The molecule has 158 valence electrons. The first-order valence-electron chi connectivity index (χ1n) is 8.67. The lowest BCUT2D eigenvalue weighted by molar-refractivity contribution is -0.141. The SMILES string of the molecule is COCCn1cc2cc(NC(=O)c3cccc(C(F)(F)F)n3)c(C(=O)OC)cc2n1. The van der Waals surface area contributed by atoms with E-state index in [1.807, 2.05) is 0 Å². The van der Waals surface area contributed by atoms with E-state index in [4.69, 9.17) is 9.47 Å². The molecule has 3 aromatic rings. The minimum atomic E-state index is -4.69. The van der Waals surface area contributed by atoms with Gasteiger partial charge < -0.3 is 14.8 Å². The predicted octanol–water partition coefficient (Wildman–Crippen LogP) is 3.14. The fourth-order valence-corrected chi connectivity index (χ4v) is 2.71. The number of carbonyl (C=O) groups excluding carboxylic acids is 2. The third-order valence-corrected chi connectivity index (χ3v) is 4.14. The Kier molecular flexibility index (Phi) is 6.01. The number of nitrogens with one attached hydrogen (secondary N) is 1. The molecule has 0 radical (unpaired) electrons. The number of hydrogen-bond acceptors (Lipinski definition) is 6. The number of carbonyl (C=O) groups is 2. The second kappa shape index (κ2) is 8.49. The Bertz CT molecular complexity index is 1100. The Labute approximate surface area is 168 Å². The molecule has 2 aromatic heterocycles. The Hall–Kier alpha value is -3.47. The van der Waals surface area contributed by atoms with Crippen molar-refractivity contribution in [3.05, 3.63) is 53.5 Å². The molecule has 0 bridgehead atoms. The maximum Gasteiger partial charge on any atom is 0.433 e. The molecule has 0 fully saturated rings. The lowest BCUT2D eigenvalue weighted by Crippen LogP contribution is -2.18. The number of rotatable bonds is 6. The van der Waals surface area contributed by atoms with Crippen LogP contribution in [0.1, 0.15) is 26.5 Å². The first-order valence-corrected chi connectivity index (χ1v) is 8.67. The molecule has 0 aliphatic carbocycles. The largest absolute Gasteiger partial charge is 0.465 e. The van der Waals surface area contributed by atoms with Crippen molar-refractivity contribution in [1.29, 1.82) is 0 Å². The molecule has 11 heteroatoms. The summed E-state index contributed by atoms with van der Waals surface area (Å²) in [5, 5.41) is 7.36. The molecule has 0 spiro atoms. The summed E-state index contributed by atoms with van der Waals surface area (Å²) in [6.45, 7) is 0.886. The first-order chi connectivity index (χ1) is 14.2. The van der Waals surface area contributed by atoms with Crippen molar-refractivity contribution < 1.29 is 32.2 Å². The van der Waals surface area contributed by atoms with E-state index in [0.29, 0.717) is 24.1 Å². The van der Waals surface area contributed by atoms with Gasteiger partial charge >= 0.3 is 12.1 Å². The summed E-state index contributed by atoms with van der Waals surface area (Å²) >= 11 is 0. The molecule has 1 N–H and O–H groups in total. The third kappa shape index (κ3) is 4.57. The predicted molar refractivity (Wildman–Crippen MR) is 100 cm³/mol. The summed E-state index contributed by atoms with van der Waals surface area (Å²) in [6, 6.07) is 5.90. The van der Waals surface area contributed by atoms with Gasteiger partial charge in [0.2, 0.25) is 0 Å². The van der Waals surface area contributed by atoms with Crippen molar-refractivity contribution in [3.8, 4) is 0 Å². The van der Waals surface area contributed by atoms with Crippen LogP contribution in [0.3, 0.4) is 0 Å². The van der Waals surface area contributed by atoms with Crippen LogP contribution >= 0.6 is 0 Å². The summed E-state index contributed by atoms with van der Waals surface area (Å²) in [5.41, 5.74) is -1.11. The van der Waals surface area contributed by atoms with Gasteiger partial charge in [0.15, 0.2) is 0 Å². The second-order valence-corrected chi connectivity index (χ2v) is 6.19. The zero-order valence-corrected chi connectivity index (χ0v) is 16.0. The molecule has 3 rings (SSSR count). The molecule has 1 amide bonds. The van der Waals surface area contributed by atoms with Crippen molar-refractivity contribution in [2.75, 3.05) is 26.1 Å². The molecule has 1 aromatic carbocycles. The van der Waals surface area contributed by atoms with Gasteiger partial charge in [0.05, 0.1) is 37.0 Å². The van der Waals surface area contributed by atoms with E-state index in [9.17, 15) is 22.8 Å². The molecule has 30 heavy (non-hydrogen) atoms. The van der Waals surface area contributed by atoms with Gasteiger partial charge in [-0.25, -0.2) is 9.78 Å². The molecular formula is C19H17F3N4O4. The number of methoxy groups -OCH3 is 2. The fourth-order valence-electron chi connectivity index (χ4n) is 2.71. The minimum Gasteiger partial charge on any atom is -0.465 e. The minimum absolute atomic E-state index is 0.00215. The molecule has 0 unspecified atom stereocenters. The number of amides is 1. The number of nitrogens with zero attached hydrogens (tertiary/aromatic N) is 3. The van der Waals surface area contributed by atoms with Crippen molar-refractivity contribution >= 4 is 28.5 Å². The van der Waals surface area contributed by atoms with Gasteiger partial charge in [-0.2, -0.15) is 18.3 Å². The van der Waals surface area contributed by atoms with Crippen LogP contribution in [0.4, 0.5) is 18.9 Å². The Morgan fingerprint density at radius 3 is 2.63 bits per heavy atom.